The molecule has 7 nitrogen and oxygen atoms in total. The summed E-state index contributed by atoms with van der Waals surface area (Å²) < 4.78 is 42.4. The number of hydrogen-bond donors (Lipinski definition) is 0. The van der Waals surface area contributed by atoms with Crippen LogP contribution in [0, 0.1) is 18.3 Å². The van der Waals surface area contributed by atoms with E-state index in [4.69, 9.17) is 37.0 Å². The number of nitrogens with zero attached hydrogens (tertiary/aromatic N) is 1. The molecule has 3 atom stereocenters. The van der Waals surface area contributed by atoms with E-state index in [0.29, 0.717) is 28.5 Å². The summed E-state index contributed by atoms with van der Waals surface area (Å²) in [4.78, 5) is 13.1. The number of halogens is 2. The van der Waals surface area contributed by atoms with Crippen molar-refractivity contribution in [1.82, 2.24) is 0 Å². The number of ether oxygens (including phenoxy) is 2. The van der Waals surface area contributed by atoms with Gasteiger partial charge >= 0.3 is 16.1 Å². The van der Waals surface area contributed by atoms with Gasteiger partial charge in [0.05, 0.1) is 34.4 Å². The average Bonchev–Trinajstić information content (AvgIpc) is 2.85. The minimum Gasteiger partial charge on any atom is -0.488 e. The van der Waals surface area contributed by atoms with Gasteiger partial charge in [-0.25, -0.2) is 0 Å². The maximum atomic E-state index is 13.1. The fourth-order valence-electron chi connectivity index (χ4n) is 6.02. The van der Waals surface area contributed by atoms with E-state index < -0.39 is 20.9 Å². The monoisotopic (exact) mass is 581 g/mol. The molecule has 1 saturated carbocycles. The number of carbonyl (C=O) groups is 1. The smallest absolute Gasteiger partial charge is 0.358 e. The molecule has 3 unspecified atom stereocenters. The van der Waals surface area contributed by atoms with E-state index >= 15 is 0 Å². The van der Waals surface area contributed by atoms with E-state index in [0.717, 1.165) is 24.0 Å². The predicted molar refractivity (Wildman–Crippen MR) is 148 cm³/mol. The molecule has 2 aliphatic rings. The van der Waals surface area contributed by atoms with Crippen molar-refractivity contribution >= 4 is 45.0 Å². The minimum absolute atomic E-state index is 0.0172. The van der Waals surface area contributed by atoms with Gasteiger partial charge in [-0.2, -0.15) is 8.42 Å². The van der Waals surface area contributed by atoms with Gasteiger partial charge < -0.3 is 9.47 Å². The average molecular weight is 583 g/mol. The Morgan fingerprint density at radius 3 is 2.39 bits per heavy atom. The number of carbonyl (C=O) groups excluding carboxylic acids is 1. The van der Waals surface area contributed by atoms with Crippen LogP contribution in [-0.2, 0) is 29.3 Å². The second kappa shape index (κ2) is 10.4. The highest BCUT2D eigenvalue weighted by Gasteiger charge is 2.57. The Kier molecular flexibility index (Phi) is 7.83. The standard InChI is InChI=1S/C28H33Cl2NO6S/c1-16(2)36-25-20(29)14-19-23(24(25)30)21(31-37-38(33,34)18-10-8-17(3)9-11-18)15-22-27(19,4)12-7-13-28(22,5)26(32)35-6/h8-11,14,16,22H,7,12-13,15H2,1-6H3. The zero-order valence-electron chi connectivity index (χ0n) is 22.4. The van der Waals surface area contributed by atoms with Gasteiger partial charge in [-0.05, 0) is 82.1 Å². The van der Waals surface area contributed by atoms with Gasteiger partial charge in [-0.1, -0.05) is 59.4 Å². The lowest BCUT2D eigenvalue weighted by Gasteiger charge is -2.54. The summed E-state index contributed by atoms with van der Waals surface area (Å²) in [7, 11) is -2.82. The van der Waals surface area contributed by atoms with E-state index in [1.54, 1.807) is 18.2 Å². The molecule has 0 spiro atoms. The molecule has 1 fully saturated rings. The van der Waals surface area contributed by atoms with Crippen LogP contribution < -0.4 is 4.74 Å². The number of aryl methyl sites for hydroxylation is 1. The zero-order valence-corrected chi connectivity index (χ0v) is 24.8. The van der Waals surface area contributed by atoms with E-state index in [-0.39, 0.29) is 34.3 Å². The highest BCUT2D eigenvalue weighted by molar-refractivity contribution is 7.86. The molecule has 0 amide bonds. The molecular formula is C28H33Cl2NO6S. The van der Waals surface area contributed by atoms with Gasteiger partial charge in [0.2, 0.25) is 0 Å². The summed E-state index contributed by atoms with van der Waals surface area (Å²) >= 11 is 13.6. The molecule has 0 saturated heterocycles. The number of fused-ring (bicyclic) bond motifs is 3. The van der Waals surface area contributed by atoms with Crippen molar-refractivity contribution in [3.05, 3.63) is 57.1 Å². The van der Waals surface area contributed by atoms with E-state index in [2.05, 4.69) is 12.1 Å². The summed E-state index contributed by atoms with van der Waals surface area (Å²) in [5.74, 6) is -0.289. The maximum Gasteiger partial charge on any atom is 0.358 e. The quantitative estimate of drug-likeness (QED) is 0.274. The summed E-state index contributed by atoms with van der Waals surface area (Å²) in [5.41, 5.74) is 1.20. The molecule has 206 valence electrons. The van der Waals surface area contributed by atoms with Crippen LogP contribution in [0.15, 0.2) is 40.4 Å². The molecular weight excluding hydrogens is 549 g/mol. The molecule has 0 N–H and O–H groups in total. The van der Waals surface area contributed by atoms with Crippen molar-refractivity contribution in [2.75, 3.05) is 7.11 Å². The SMILES string of the molecule is COC(=O)C1(C)CCCC2(C)c3cc(Cl)c(OC(C)C)c(Cl)c3C(=NOS(=O)(=O)c3ccc(C)cc3)CC12. The first kappa shape index (κ1) is 28.7. The number of oxime groups is 1. The van der Waals surface area contributed by atoms with Crippen LogP contribution in [0.5, 0.6) is 5.75 Å². The zero-order chi connectivity index (χ0) is 28.0. The number of esters is 1. The summed E-state index contributed by atoms with van der Waals surface area (Å²) in [6.45, 7) is 9.57. The summed E-state index contributed by atoms with van der Waals surface area (Å²) in [6, 6.07) is 8.10. The van der Waals surface area contributed by atoms with Gasteiger partial charge in [0, 0.05) is 5.56 Å². The second-order valence-electron chi connectivity index (χ2n) is 10.9. The summed E-state index contributed by atoms with van der Waals surface area (Å²) in [5, 5.41) is 4.74. The van der Waals surface area contributed by atoms with Gasteiger partial charge in [0.25, 0.3) is 0 Å². The molecule has 4 rings (SSSR count). The third kappa shape index (κ3) is 4.91. The van der Waals surface area contributed by atoms with Crippen LogP contribution >= 0.6 is 23.2 Å². The molecule has 38 heavy (non-hydrogen) atoms. The number of rotatable bonds is 6. The fourth-order valence-corrected chi connectivity index (χ4v) is 7.42. The molecule has 0 bridgehead atoms. The number of benzene rings is 2. The molecule has 2 aliphatic carbocycles. The molecule has 10 heteroatoms. The Balaban J connectivity index is 1.91. The number of hydrogen-bond acceptors (Lipinski definition) is 7. The van der Waals surface area contributed by atoms with Crippen molar-refractivity contribution in [2.45, 2.75) is 76.7 Å². The molecule has 0 aromatic heterocycles. The Bertz CT molecular complexity index is 1390. The van der Waals surface area contributed by atoms with E-state index in [9.17, 15) is 13.2 Å². The number of methoxy groups -OCH3 is 1. The van der Waals surface area contributed by atoms with Crippen LogP contribution in [0.3, 0.4) is 0 Å². The first-order valence-corrected chi connectivity index (χ1v) is 14.8. The Morgan fingerprint density at radius 1 is 1.13 bits per heavy atom. The van der Waals surface area contributed by atoms with Gasteiger partial charge in [0.1, 0.15) is 4.90 Å². The van der Waals surface area contributed by atoms with Crippen molar-refractivity contribution in [1.29, 1.82) is 0 Å². The highest BCUT2D eigenvalue weighted by Crippen LogP contribution is 2.59. The Labute approximate surface area is 234 Å². The second-order valence-corrected chi connectivity index (χ2v) is 13.2. The maximum absolute atomic E-state index is 13.1. The fraction of sp³-hybridized carbons (Fsp3) is 0.500. The van der Waals surface area contributed by atoms with Crippen molar-refractivity contribution in [3.8, 4) is 5.75 Å². The lowest BCUT2D eigenvalue weighted by atomic mass is 9.49. The molecule has 0 heterocycles. The first-order valence-electron chi connectivity index (χ1n) is 12.6. The predicted octanol–water partition coefficient (Wildman–Crippen LogP) is 6.84. The van der Waals surface area contributed by atoms with Crippen LogP contribution in [-0.4, -0.2) is 33.3 Å². The van der Waals surface area contributed by atoms with E-state index in [1.807, 2.05) is 27.7 Å². The van der Waals surface area contributed by atoms with Crippen molar-refractivity contribution in [3.63, 3.8) is 0 Å². The van der Waals surface area contributed by atoms with Gasteiger partial charge in [-0.15, -0.1) is 0 Å². The third-order valence-corrected chi connectivity index (χ3v) is 9.73. The van der Waals surface area contributed by atoms with E-state index in [1.165, 1.54) is 19.2 Å². The lowest BCUT2D eigenvalue weighted by molar-refractivity contribution is -0.160. The van der Waals surface area contributed by atoms with Crippen molar-refractivity contribution < 1.29 is 27.0 Å². The molecule has 2 aromatic carbocycles. The Hall–Kier alpha value is -2.29. The highest BCUT2D eigenvalue weighted by atomic mass is 35.5. The van der Waals surface area contributed by atoms with Crippen LogP contribution in [0.25, 0.3) is 0 Å². The third-order valence-electron chi connectivity index (χ3n) is 7.97. The lowest BCUT2D eigenvalue weighted by Crippen LogP contribution is -2.54. The molecule has 0 aliphatic heterocycles. The largest absolute Gasteiger partial charge is 0.488 e. The molecule has 2 aromatic rings. The first-order chi connectivity index (χ1) is 17.7. The van der Waals surface area contributed by atoms with Crippen LogP contribution in [0.2, 0.25) is 10.0 Å². The van der Waals surface area contributed by atoms with Crippen molar-refractivity contribution in [2.24, 2.45) is 16.5 Å². The summed E-state index contributed by atoms with van der Waals surface area (Å²) in [6.07, 6.45) is 2.25. The normalized spacial score (nSPS) is 26.0. The van der Waals surface area contributed by atoms with Crippen LogP contribution in [0.1, 0.15) is 70.1 Å². The van der Waals surface area contributed by atoms with Gasteiger partial charge in [0.15, 0.2) is 5.75 Å². The Morgan fingerprint density at radius 2 is 1.79 bits per heavy atom. The minimum atomic E-state index is -4.20. The van der Waals surface area contributed by atoms with Crippen LogP contribution in [0.4, 0.5) is 0 Å². The molecule has 0 radical (unpaired) electrons. The van der Waals surface area contributed by atoms with Gasteiger partial charge in [-0.3, -0.25) is 9.08 Å². The topological polar surface area (TPSA) is 91.3 Å².